The summed E-state index contributed by atoms with van der Waals surface area (Å²) in [4.78, 5) is 25.7. The largest absolute Gasteiger partial charge is 0.480 e. The van der Waals surface area contributed by atoms with Crippen LogP contribution >= 0.6 is 11.8 Å². The van der Waals surface area contributed by atoms with Crippen molar-refractivity contribution in [3.05, 3.63) is 30.1 Å². The Bertz CT molecular complexity index is 398. The predicted molar refractivity (Wildman–Crippen MR) is 70.5 cm³/mol. The number of aliphatic carboxylic acids is 1. The minimum Gasteiger partial charge on any atom is -0.480 e. The van der Waals surface area contributed by atoms with Gasteiger partial charge in [0.25, 0.3) is 0 Å². The Hall–Kier alpha value is -1.56. The monoisotopic (exact) mass is 268 g/mol. The van der Waals surface area contributed by atoms with Crippen LogP contribution in [0, 0.1) is 0 Å². The molecule has 0 aliphatic heterocycles. The van der Waals surface area contributed by atoms with Crippen LogP contribution in [0.15, 0.2) is 24.5 Å². The minimum absolute atomic E-state index is 0.324. The number of aryl methyl sites for hydroxylation is 1. The van der Waals surface area contributed by atoms with E-state index in [1.54, 1.807) is 12.4 Å². The molecule has 6 heteroatoms. The average Bonchev–Trinajstić information content (AvgIpc) is 2.33. The lowest BCUT2D eigenvalue weighted by Gasteiger charge is -2.12. The minimum atomic E-state index is -1.00. The van der Waals surface area contributed by atoms with Crippen LogP contribution in [-0.2, 0) is 16.0 Å². The zero-order valence-corrected chi connectivity index (χ0v) is 10.9. The maximum atomic E-state index is 10.9. The van der Waals surface area contributed by atoms with Crippen LogP contribution in [0.2, 0.25) is 0 Å². The molecule has 1 rings (SSSR count). The normalized spacial score (nSPS) is 11.8. The van der Waals surface area contributed by atoms with E-state index in [1.807, 2.05) is 12.1 Å². The third-order valence-electron chi connectivity index (χ3n) is 2.22. The molecule has 0 aromatic carbocycles. The van der Waals surface area contributed by atoms with E-state index in [4.69, 9.17) is 5.11 Å². The standard InChI is InChI=1S/C12H16N2O3S/c1-9(15)14-11(12(16)17)8-18-6-4-10-3-2-5-13-7-10/h2-3,5,7,11H,4,6,8H2,1H3,(H,14,15)(H,16,17). The van der Waals surface area contributed by atoms with Crippen LogP contribution in [-0.4, -0.2) is 39.5 Å². The number of carboxylic acids is 1. The molecule has 0 saturated heterocycles. The fourth-order valence-corrected chi connectivity index (χ4v) is 2.37. The van der Waals surface area contributed by atoms with E-state index < -0.39 is 12.0 Å². The summed E-state index contributed by atoms with van der Waals surface area (Å²) in [7, 11) is 0. The van der Waals surface area contributed by atoms with Gasteiger partial charge in [-0.05, 0) is 23.8 Å². The topological polar surface area (TPSA) is 79.3 Å². The fourth-order valence-electron chi connectivity index (χ4n) is 1.36. The molecule has 1 heterocycles. The molecule has 0 fully saturated rings. The second kappa shape index (κ2) is 7.71. The molecular weight excluding hydrogens is 252 g/mol. The van der Waals surface area contributed by atoms with Gasteiger partial charge in [-0.2, -0.15) is 11.8 Å². The number of carbonyl (C=O) groups is 2. The van der Waals surface area contributed by atoms with Crippen molar-refractivity contribution in [3.63, 3.8) is 0 Å². The van der Waals surface area contributed by atoms with Crippen LogP contribution in [0.3, 0.4) is 0 Å². The molecule has 1 unspecified atom stereocenters. The van der Waals surface area contributed by atoms with E-state index in [-0.39, 0.29) is 5.91 Å². The molecule has 0 aliphatic carbocycles. The Morgan fingerprint density at radius 2 is 2.33 bits per heavy atom. The maximum absolute atomic E-state index is 10.9. The number of carboxylic acid groups (broad SMARTS) is 1. The van der Waals surface area contributed by atoms with Gasteiger partial charge in [0.1, 0.15) is 6.04 Å². The third-order valence-corrected chi connectivity index (χ3v) is 3.28. The van der Waals surface area contributed by atoms with Crippen LogP contribution < -0.4 is 5.32 Å². The van der Waals surface area contributed by atoms with Crippen molar-refractivity contribution in [2.75, 3.05) is 11.5 Å². The highest BCUT2D eigenvalue weighted by molar-refractivity contribution is 7.99. The zero-order valence-electron chi connectivity index (χ0n) is 10.1. The third kappa shape index (κ3) is 5.67. The van der Waals surface area contributed by atoms with Crippen LogP contribution in [0.1, 0.15) is 12.5 Å². The Balaban J connectivity index is 2.27. The molecule has 5 nitrogen and oxygen atoms in total. The summed E-state index contributed by atoms with van der Waals surface area (Å²) in [6.07, 6.45) is 4.35. The molecule has 1 aromatic heterocycles. The first-order chi connectivity index (χ1) is 8.59. The summed E-state index contributed by atoms with van der Waals surface area (Å²) in [5, 5.41) is 11.3. The lowest BCUT2D eigenvalue weighted by atomic mass is 10.2. The van der Waals surface area contributed by atoms with Gasteiger partial charge in [-0.15, -0.1) is 0 Å². The van der Waals surface area contributed by atoms with E-state index >= 15 is 0 Å². The summed E-state index contributed by atoms with van der Waals surface area (Å²) >= 11 is 1.50. The number of rotatable bonds is 7. The van der Waals surface area contributed by atoms with E-state index in [0.29, 0.717) is 5.75 Å². The smallest absolute Gasteiger partial charge is 0.327 e. The molecular formula is C12H16N2O3S. The number of thioether (sulfide) groups is 1. The number of pyridine rings is 1. The van der Waals surface area contributed by atoms with Gasteiger partial charge in [0.15, 0.2) is 0 Å². The second-order valence-electron chi connectivity index (χ2n) is 3.78. The Morgan fingerprint density at radius 3 is 2.89 bits per heavy atom. The van der Waals surface area contributed by atoms with Crippen LogP contribution in [0.25, 0.3) is 0 Å². The van der Waals surface area contributed by atoms with E-state index in [0.717, 1.165) is 17.7 Å². The lowest BCUT2D eigenvalue weighted by molar-refractivity contribution is -0.140. The van der Waals surface area contributed by atoms with E-state index in [9.17, 15) is 9.59 Å². The molecule has 0 saturated carbocycles. The summed E-state index contributed by atoms with van der Waals surface area (Å²) in [6.45, 7) is 1.32. The summed E-state index contributed by atoms with van der Waals surface area (Å²) in [5.41, 5.74) is 1.12. The van der Waals surface area contributed by atoms with Gasteiger partial charge >= 0.3 is 5.97 Å². The molecule has 1 aromatic rings. The fraction of sp³-hybridized carbons (Fsp3) is 0.417. The molecule has 0 bridgehead atoms. The average molecular weight is 268 g/mol. The van der Waals surface area contributed by atoms with Gasteiger partial charge in [0.2, 0.25) is 5.91 Å². The first-order valence-electron chi connectivity index (χ1n) is 5.56. The van der Waals surface area contributed by atoms with E-state index in [1.165, 1.54) is 18.7 Å². The summed E-state index contributed by atoms with van der Waals surface area (Å²) in [5.74, 6) is -0.154. The first kappa shape index (κ1) is 14.5. The van der Waals surface area contributed by atoms with Gasteiger partial charge in [-0.25, -0.2) is 4.79 Å². The molecule has 98 valence electrons. The zero-order chi connectivity index (χ0) is 13.4. The predicted octanol–water partition coefficient (Wildman–Crippen LogP) is 0.947. The van der Waals surface area contributed by atoms with Crippen LogP contribution in [0.4, 0.5) is 0 Å². The number of nitrogens with zero attached hydrogens (tertiary/aromatic N) is 1. The quantitative estimate of drug-likeness (QED) is 0.720. The molecule has 0 spiro atoms. The Kier molecular flexibility index (Phi) is 6.21. The molecule has 1 atom stereocenters. The van der Waals surface area contributed by atoms with Gasteiger partial charge in [0.05, 0.1) is 0 Å². The highest BCUT2D eigenvalue weighted by atomic mass is 32.2. The van der Waals surface area contributed by atoms with Gasteiger partial charge in [-0.3, -0.25) is 9.78 Å². The van der Waals surface area contributed by atoms with Crippen molar-refractivity contribution in [1.82, 2.24) is 10.3 Å². The highest BCUT2D eigenvalue weighted by Gasteiger charge is 2.17. The van der Waals surface area contributed by atoms with Crippen molar-refractivity contribution in [2.45, 2.75) is 19.4 Å². The highest BCUT2D eigenvalue weighted by Crippen LogP contribution is 2.07. The number of carbonyl (C=O) groups excluding carboxylic acids is 1. The summed E-state index contributed by atoms with van der Waals surface area (Å²) < 4.78 is 0. The van der Waals surface area contributed by atoms with Gasteiger partial charge in [0, 0.05) is 25.1 Å². The Labute approximate surface area is 110 Å². The second-order valence-corrected chi connectivity index (χ2v) is 4.93. The maximum Gasteiger partial charge on any atom is 0.327 e. The van der Waals surface area contributed by atoms with Crippen molar-refractivity contribution in [3.8, 4) is 0 Å². The lowest BCUT2D eigenvalue weighted by Crippen LogP contribution is -2.41. The van der Waals surface area contributed by atoms with Crippen molar-refractivity contribution >= 4 is 23.6 Å². The number of aromatic nitrogens is 1. The first-order valence-corrected chi connectivity index (χ1v) is 6.71. The number of hydrogen-bond donors (Lipinski definition) is 2. The number of amides is 1. The molecule has 0 aliphatic rings. The SMILES string of the molecule is CC(=O)NC(CSCCc1cccnc1)C(=O)O. The molecule has 0 radical (unpaired) electrons. The van der Waals surface area contributed by atoms with E-state index in [2.05, 4.69) is 10.3 Å². The van der Waals surface area contributed by atoms with Gasteiger partial charge < -0.3 is 10.4 Å². The number of nitrogens with one attached hydrogen (secondary N) is 1. The van der Waals surface area contributed by atoms with Crippen molar-refractivity contribution < 1.29 is 14.7 Å². The molecule has 1 amide bonds. The number of hydrogen-bond acceptors (Lipinski definition) is 4. The molecule has 18 heavy (non-hydrogen) atoms. The van der Waals surface area contributed by atoms with Crippen molar-refractivity contribution in [2.24, 2.45) is 0 Å². The van der Waals surface area contributed by atoms with Crippen molar-refractivity contribution in [1.29, 1.82) is 0 Å². The summed E-state index contributed by atoms with van der Waals surface area (Å²) in [6, 6.07) is 3.04. The van der Waals surface area contributed by atoms with Crippen LogP contribution in [0.5, 0.6) is 0 Å². The Morgan fingerprint density at radius 1 is 1.56 bits per heavy atom. The van der Waals surface area contributed by atoms with Gasteiger partial charge in [-0.1, -0.05) is 6.07 Å². The molecule has 2 N–H and O–H groups in total.